The van der Waals surface area contributed by atoms with Gasteiger partial charge in [-0.05, 0) is 24.1 Å². The van der Waals surface area contributed by atoms with Crippen LogP contribution in [0.1, 0.15) is 24.5 Å². The molecule has 2 aromatic rings. The highest BCUT2D eigenvalue weighted by Gasteiger charge is 2.71. The molecule has 2 N–H and O–H groups in total. The van der Waals surface area contributed by atoms with Crippen LogP contribution in [0.4, 0.5) is 5.69 Å². The lowest BCUT2D eigenvalue weighted by Gasteiger charge is -2.35. The number of β-amino-alcohol motifs (C(OH)–C–C–N with tert-alkyl or cyclic N) is 1. The average Bonchev–Trinajstić information content (AvgIpc) is 3.38. The van der Waals surface area contributed by atoms with E-state index in [0.29, 0.717) is 22.7 Å². The number of hydrogen-bond donors (Lipinski definition) is 2. The van der Waals surface area contributed by atoms with Crippen molar-refractivity contribution in [1.29, 1.82) is 0 Å². The van der Waals surface area contributed by atoms with Gasteiger partial charge in [0.05, 0.1) is 35.9 Å². The number of benzene rings is 2. The quantitative estimate of drug-likeness (QED) is 0.405. The first-order valence-electron chi connectivity index (χ1n) is 14.4. The smallest absolute Gasteiger partial charge is 0.313 e. The molecule has 0 saturated carbocycles. The summed E-state index contributed by atoms with van der Waals surface area (Å²) in [6.07, 6.45) is 5.80. The summed E-state index contributed by atoms with van der Waals surface area (Å²) in [5, 5.41) is 13.1. The minimum atomic E-state index is -1.51. The average molecular weight is 606 g/mol. The Morgan fingerprint density at radius 2 is 1.77 bits per heavy atom. The van der Waals surface area contributed by atoms with E-state index in [2.05, 4.69) is 5.32 Å². The molecule has 2 fully saturated rings. The van der Waals surface area contributed by atoms with Gasteiger partial charge in [-0.2, -0.15) is 0 Å². The number of likely N-dealkylation sites (tertiary alicyclic amines) is 1. The predicted molar refractivity (Wildman–Crippen MR) is 157 cm³/mol. The van der Waals surface area contributed by atoms with Crippen LogP contribution in [0, 0.1) is 11.8 Å². The Kier molecular flexibility index (Phi) is 8.09. The minimum absolute atomic E-state index is 0.0603. The van der Waals surface area contributed by atoms with Gasteiger partial charge < -0.3 is 29.7 Å². The van der Waals surface area contributed by atoms with Gasteiger partial charge in [-0.15, -0.1) is 0 Å². The lowest BCUT2D eigenvalue weighted by molar-refractivity contribution is -0.159. The predicted octanol–water partition coefficient (Wildman–Crippen LogP) is 2.57. The number of carbonyl (C=O) groups excluding carboxylic acids is 4. The van der Waals surface area contributed by atoms with Gasteiger partial charge in [-0.25, -0.2) is 0 Å². The molecule has 6 atom stereocenters. The number of aliphatic hydroxyl groups is 1. The molecule has 2 aromatic carbocycles. The molecule has 43 heavy (non-hydrogen) atoms. The molecule has 10 nitrogen and oxygen atoms in total. The molecule has 4 aliphatic rings. The molecule has 224 valence electrons. The fourth-order valence-corrected chi connectivity index (χ4v) is 6.88. The van der Waals surface area contributed by atoms with Gasteiger partial charge in [-0.1, -0.05) is 78.4 Å². The molecule has 3 amide bonds. The van der Waals surface area contributed by atoms with E-state index >= 15 is 0 Å². The summed E-state index contributed by atoms with van der Waals surface area (Å²) < 4.78 is 12.7. The Morgan fingerprint density at radius 3 is 2.53 bits per heavy atom. The van der Waals surface area contributed by atoms with Crippen LogP contribution in [0.5, 0.6) is 0 Å². The number of rotatable bonds is 4. The number of hydrogen-bond acceptors (Lipinski definition) is 7. The lowest BCUT2D eigenvalue weighted by atomic mass is 9.78. The van der Waals surface area contributed by atoms with Crippen molar-refractivity contribution >= 4 is 41.0 Å². The van der Waals surface area contributed by atoms with Crippen LogP contribution in [-0.4, -0.2) is 77.7 Å². The third-order valence-corrected chi connectivity index (χ3v) is 8.85. The van der Waals surface area contributed by atoms with Gasteiger partial charge in [0.2, 0.25) is 11.8 Å². The standard InChI is InChI=1S/C32H32ClN3O7/c33-21-11-4-5-12-22(21)35-16-8-15-32-27(29(39)36(17-18-37)28(32)30(35)40)26-23(43-32)13-6-7-14-25(38)34-19-24(42-31(26)41)20-9-2-1-3-10-20/h1-6,8-13,15,23-24,26-28,37H,7,14,16-19H2,(H,34,38)/b13-6-/t23-,24+,26+,27+,28-,32+/m0/s1. The summed E-state index contributed by atoms with van der Waals surface area (Å²) in [6.45, 7) is -0.285. The topological polar surface area (TPSA) is 125 Å². The van der Waals surface area contributed by atoms with E-state index in [1.165, 1.54) is 9.80 Å². The maximum absolute atomic E-state index is 14.3. The van der Waals surface area contributed by atoms with Gasteiger partial charge in [0.1, 0.15) is 23.7 Å². The zero-order valence-corrected chi connectivity index (χ0v) is 24.1. The first-order chi connectivity index (χ1) is 20.9. The van der Waals surface area contributed by atoms with Crippen molar-refractivity contribution in [2.24, 2.45) is 11.8 Å². The molecule has 0 aliphatic carbocycles. The van der Waals surface area contributed by atoms with E-state index in [-0.39, 0.29) is 38.6 Å². The number of aliphatic hydroxyl groups excluding tert-OH is 1. The van der Waals surface area contributed by atoms with E-state index in [9.17, 15) is 24.3 Å². The van der Waals surface area contributed by atoms with E-state index in [1.807, 2.05) is 18.2 Å². The molecule has 0 bridgehead atoms. The van der Waals surface area contributed by atoms with Crippen molar-refractivity contribution in [2.75, 3.05) is 31.1 Å². The number of allylic oxidation sites excluding steroid dienone is 1. The van der Waals surface area contributed by atoms with E-state index in [4.69, 9.17) is 21.1 Å². The number of para-hydroxylation sites is 1. The van der Waals surface area contributed by atoms with E-state index in [1.54, 1.807) is 60.7 Å². The van der Waals surface area contributed by atoms with Crippen molar-refractivity contribution in [3.05, 3.63) is 89.5 Å². The zero-order valence-electron chi connectivity index (χ0n) is 23.3. The van der Waals surface area contributed by atoms with Crippen molar-refractivity contribution < 1.29 is 33.8 Å². The van der Waals surface area contributed by atoms with Crippen LogP contribution in [-0.2, 0) is 28.7 Å². The van der Waals surface area contributed by atoms with Crippen molar-refractivity contribution in [2.45, 2.75) is 36.7 Å². The van der Waals surface area contributed by atoms with Gasteiger partial charge in [0.25, 0.3) is 5.91 Å². The Hall–Kier alpha value is -3.99. The Labute approximate surface area is 253 Å². The maximum atomic E-state index is 14.3. The first-order valence-corrected chi connectivity index (χ1v) is 14.7. The van der Waals surface area contributed by atoms with E-state index in [0.717, 1.165) is 0 Å². The fraction of sp³-hybridized carbons (Fsp3) is 0.375. The molecule has 11 heteroatoms. The lowest BCUT2D eigenvalue weighted by Crippen LogP contribution is -2.55. The molecule has 0 radical (unpaired) electrons. The number of ether oxygens (including phenoxy) is 2. The summed E-state index contributed by atoms with van der Waals surface area (Å²) in [6, 6.07) is 14.8. The number of anilines is 1. The Balaban J connectivity index is 1.43. The number of nitrogens with zero attached hydrogens (tertiary/aromatic N) is 2. The van der Waals surface area contributed by atoms with Crippen LogP contribution in [0.15, 0.2) is 78.9 Å². The summed E-state index contributed by atoms with van der Waals surface area (Å²) in [5.74, 6) is -3.95. The molecule has 6 rings (SSSR count). The second-order valence-corrected chi connectivity index (χ2v) is 11.4. The number of fused-ring (bicyclic) bond motifs is 2. The van der Waals surface area contributed by atoms with Gasteiger partial charge in [0, 0.05) is 19.5 Å². The highest BCUT2D eigenvalue weighted by atomic mass is 35.5. The fourth-order valence-electron chi connectivity index (χ4n) is 6.64. The zero-order chi connectivity index (χ0) is 30.1. The van der Waals surface area contributed by atoms with Crippen molar-refractivity contribution in [1.82, 2.24) is 10.2 Å². The van der Waals surface area contributed by atoms with Crippen LogP contribution in [0.25, 0.3) is 0 Å². The second kappa shape index (κ2) is 11.9. The second-order valence-electron chi connectivity index (χ2n) is 11.0. The number of cyclic esters (lactones) is 1. The Bertz CT molecular complexity index is 1480. The first kappa shape index (κ1) is 29.1. The third kappa shape index (κ3) is 5.13. The molecular weight excluding hydrogens is 574 g/mol. The molecule has 0 aromatic heterocycles. The van der Waals surface area contributed by atoms with Gasteiger partial charge in [0.15, 0.2) is 0 Å². The third-order valence-electron chi connectivity index (χ3n) is 8.53. The number of esters is 1. The van der Waals surface area contributed by atoms with Gasteiger partial charge >= 0.3 is 5.97 Å². The minimum Gasteiger partial charge on any atom is -0.455 e. The highest BCUT2D eigenvalue weighted by Crippen LogP contribution is 2.53. The number of nitrogens with one attached hydrogen (secondary N) is 1. The van der Waals surface area contributed by atoms with Crippen molar-refractivity contribution in [3.63, 3.8) is 0 Å². The molecule has 4 aliphatic heterocycles. The molecular formula is C32H32ClN3O7. The number of halogens is 1. The van der Waals surface area contributed by atoms with Crippen LogP contribution in [0.3, 0.4) is 0 Å². The maximum Gasteiger partial charge on any atom is 0.313 e. The highest BCUT2D eigenvalue weighted by molar-refractivity contribution is 6.34. The normalized spacial score (nSPS) is 31.6. The monoisotopic (exact) mass is 605 g/mol. The van der Waals surface area contributed by atoms with Crippen molar-refractivity contribution in [3.8, 4) is 0 Å². The summed E-state index contributed by atoms with van der Waals surface area (Å²) in [5.41, 5.74) is -0.345. The van der Waals surface area contributed by atoms with Gasteiger partial charge in [-0.3, -0.25) is 19.2 Å². The molecule has 0 unspecified atom stereocenters. The van der Waals surface area contributed by atoms with Crippen LogP contribution in [0.2, 0.25) is 5.02 Å². The summed E-state index contributed by atoms with van der Waals surface area (Å²) >= 11 is 6.47. The molecule has 2 saturated heterocycles. The number of amides is 3. The van der Waals surface area contributed by atoms with Crippen LogP contribution >= 0.6 is 11.6 Å². The van der Waals surface area contributed by atoms with E-state index < -0.39 is 53.5 Å². The molecule has 4 heterocycles. The summed E-state index contributed by atoms with van der Waals surface area (Å²) in [4.78, 5) is 57.9. The van der Waals surface area contributed by atoms with Crippen LogP contribution < -0.4 is 10.2 Å². The SMILES string of the molecule is O=C1CC/C=C\[C@@H]2O[C@@]34C=CCN(c5ccccc5Cl)C(=O)[C@@H]3N(CCO)C(=O)[C@H]4[C@@H]2C(=O)O[C@@H](c2ccccc2)CN1. The largest absolute Gasteiger partial charge is 0.455 e. The number of carbonyl (C=O) groups is 4. The molecule has 1 spiro atoms. The summed E-state index contributed by atoms with van der Waals surface area (Å²) in [7, 11) is 0. The Morgan fingerprint density at radius 1 is 1.00 bits per heavy atom.